The zero-order valence-electron chi connectivity index (χ0n) is 13.7. The summed E-state index contributed by atoms with van der Waals surface area (Å²) in [6, 6.07) is 8.99. The molecule has 1 atom stereocenters. The lowest BCUT2D eigenvalue weighted by Gasteiger charge is -2.35. The number of aromatic nitrogens is 4. The maximum absolute atomic E-state index is 9.52. The highest BCUT2D eigenvalue weighted by Crippen LogP contribution is 2.34. The number of hydrogen-bond donors (Lipinski definition) is 1. The number of benzene rings is 1. The average molecular weight is 315 g/mol. The van der Waals surface area contributed by atoms with E-state index in [1.807, 2.05) is 4.68 Å². The van der Waals surface area contributed by atoms with Gasteiger partial charge in [0.05, 0.1) is 13.2 Å². The summed E-state index contributed by atoms with van der Waals surface area (Å²) < 4.78 is 1.87. The van der Waals surface area contributed by atoms with Crippen LogP contribution in [0.15, 0.2) is 24.3 Å². The molecule has 23 heavy (non-hydrogen) atoms. The summed E-state index contributed by atoms with van der Waals surface area (Å²) in [5, 5.41) is 21.6. The number of fused-ring (bicyclic) bond motifs is 1. The van der Waals surface area contributed by atoms with E-state index in [4.69, 9.17) is 0 Å². The molecular weight excluding hydrogens is 290 g/mol. The van der Waals surface area contributed by atoms with Crippen molar-refractivity contribution in [1.29, 1.82) is 0 Å². The zero-order chi connectivity index (χ0) is 16.1. The fourth-order valence-corrected chi connectivity index (χ4v) is 3.48. The van der Waals surface area contributed by atoms with E-state index in [-0.39, 0.29) is 6.61 Å². The smallest absolute Gasteiger partial charge is 0.165 e. The van der Waals surface area contributed by atoms with Crippen LogP contribution in [0.1, 0.15) is 49.2 Å². The monoisotopic (exact) mass is 315 g/mol. The van der Waals surface area contributed by atoms with Crippen LogP contribution < -0.4 is 0 Å². The quantitative estimate of drug-likeness (QED) is 0.846. The van der Waals surface area contributed by atoms with E-state index in [2.05, 4.69) is 51.6 Å². The van der Waals surface area contributed by atoms with Crippen molar-refractivity contribution in [3.8, 4) is 0 Å². The van der Waals surface area contributed by atoms with E-state index < -0.39 is 0 Å². The highest BCUT2D eigenvalue weighted by Gasteiger charge is 2.26. The first-order chi connectivity index (χ1) is 11.3. The fraction of sp³-hybridized carbons (Fsp3) is 0.588. The number of aliphatic hydroxyl groups is 1. The van der Waals surface area contributed by atoms with E-state index in [0.717, 1.165) is 31.6 Å². The van der Waals surface area contributed by atoms with Gasteiger partial charge in [-0.3, -0.25) is 4.90 Å². The van der Waals surface area contributed by atoms with Crippen LogP contribution in [0.5, 0.6) is 0 Å². The van der Waals surface area contributed by atoms with Crippen molar-refractivity contribution < 1.29 is 5.11 Å². The zero-order valence-corrected chi connectivity index (χ0v) is 13.7. The Kier molecular flexibility index (Phi) is 5.35. The van der Waals surface area contributed by atoms with Gasteiger partial charge in [-0.25, -0.2) is 4.68 Å². The van der Waals surface area contributed by atoms with Crippen LogP contribution in [0.4, 0.5) is 0 Å². The minimum absolute atomic E-state index is 0.147. The van der Waals surface area contributed by atoms with E-state index in [9.17, 15) is 5.11 Å². The summed E-state index contributed by atoms with van der Waals surface area (Å²) in [6.07, 6.45) is 4.45. The van der Waals surface area contributed by atoms with E-state index in [1.165, 1.54) is 17.5 Å². The van der Waals surface area contributed by atoms with Crippen molar-refractivity contribution in [2.24, 2.45) is 0 Å². The second-order valence-electron chi connectivity index (χ2n) is 6.12. The Morgan fingerprint density at radius 3 is 3.04 bits per heavy atom. The Hall–Kier alpha value is -1.79. The molecule has 1 aromatic heterocycles. The number of rotatable bonds is 7. The topological polar surface area (TPSA) is 67.1 Å². The average Bonchev–Trinajstić information content (AvgIpc) is 3.01. The van der Waals surface area contributed by atoms with Crippen LogP contribution in [0.25, 0.3) is 0 Å². The summed E-state index contributed by atoms with van der Waals surface area (Å²) in [4.78, 5) is 2.32. The van der Waals surface area contributed by atoms with Crippen LogP contribution in [-0.4, -0.2) is 43.4 Å². The van der Waals surface area contributed by atoms with Gasteiger partial charge >= 0.3 is 0 Å². The molecule has 3 rings (SSSR count). The molecule has 0 fully saturated rings. The first-order valence-electron chi connectivity index (χ1n) is 8.51. The first kappa shape index (κ1) is 16.1. The molecule has 6 heteroatoms. The summed E-state index contributed by atoms with van der Waals surface area (Å²) in [5.74, 6) is 0.878. The normalized spacial score (nSPS) is 17.4. The van der Waals surface area contributed by atoms with Crippen LogP contribution in [0.2, 0.25) is 0 Å². The first-order valence-corrected chi connectivity index (χ1v) is 8.51. The molecule has 124 valence electrons. The van der Waals surface area contributed by atoms with E-state index in [0.29, 0.717) is 19.1 Å². The van der Waals surface area contributed by atoms with E-state index in [1.54, 1.807) is 0 Å². The third-order valence-corrected chi connectivity index (χ3v) is 4.55. The van der Waals surface area contributed by atoms with Gasteiger partial charge < -0.3 is 5.11 Å². The van der Waals surface area contributed by atoms with Crippen LogP contribution in [0.3, 0.4) is 0 Å². The SMILES string of the molecule is CCCn1nnnc1CN(CCO)C1CCCc2ccccc21. The molecule has 0 saturated heterocycles. The molecular formula is C17H25N5O. The number of hydrogen-bond acceptors (Lipinski definition) is 5. The van der Waals surface area contributed by atoms with Gasteiger partial charge in [0.25, 0.3) is 0 Å². The summed E-state index contributed by atoms with van der Waals surface area (Å²) >= 11 is 0. The lowest BCUT2D eigenvalue weighted by atomic mass is 9.87. The Labute approximate surface area is 137 Å². The molecule has 2 aromatic rings. The van der Waals surface area contributed by atoms with Crippen molar-refractivity contribution in [1.82, 2.24) is 25.1 Å². The second-order valence-corrected chi connectivity index (χ2v) is 6.12. The minimum atomic E-state index is 0.147. The number of aliphatic hydroxyl groups excluding tert-OH is 1. The van der Waals surface area contributed by atoms with Gasteiger partial charge in [0, 0.05) is 19.1 Å². The van der Waals surface area contributed by atoms with Gasteiger partial charge in [-0.15, -0.1) is 5.10 Å². The maximum Gasteiger partial charge on any atom is 0.165 e. The van der Waals surface area contributed by atoms with Crippen molar-refractivity contribution in [2.75, 3.05) is 13.2 Å². The van der Waals surface area contributed by atoms with Crippen molar-refractivity contribution >= 4 is 0 Å². The van der Waals surface area contributed by atoms with Crippen molar-refractivity contribution in [2.45, 2.75) is 51.7 Å². The van der Waals surface area contributed by atoms with Crippen molar-refractivity contribution in [3.05, 3.63) is 41.2 Å². The predicted molar refractivity (Wildman–Crippen MR) is 87.7 cm³/mol. The second kappa shape index (κ2) is 7.66. The molecule has 1 N–H and O–H groups in total. The Morgan fingerprint density at radius 1 is 1.35 bits per heavy atom. The lowest BCUT2D eigenvalue weighted by Crippen LogP contribution is -2.34. The standard InChI is InChI=1S/C17H25N5O/c1-2-10-22-17(18-19-20-22)13-21(11-12-23)16-9-5-7-14-6-3-4-8-15(14)16/h3-4,6,8,16,23H,2,5,7,9-13H2,1H3. The van der Waals surface area contributed by atoms with Gasteiger partial charge in [0.1, 0.15) is 0 Å². The van der Waals surface area contributed by atoms with Crippen LogP contribution >= 0.6 is 0 Å². The third kappa shape index (κ3) is 3.59. The van der Waals surface area contributed by atoms with Gasteiger partial charge in [-0.1, -0.05) is 31.2 Å². The largest absolute Gasteiger partial charge is 0.395 e. The molecule has 1 aliphatic carbocycles. The number of aryl methyl sites for hydroxylation is 2. The molecule has 6 nitrogen and oxygen atoms in total. The molecule has 1 aromatic carbocycles. The highest BCUT2D eigenvalue weighted by molar-refractivity contribution is 5.32. The fourth-order valence-electron chi connectivity index (χ4n) is 3.48. The molecule has 0 amide bonds. The van der Waals surface area contributed by atoms with E-state index >= 15 is 0 Å². The summed E-state index contributed by atoms with van der Waals surface area (Å²) in [6.45, 7) is 4.41. The molecule has 0 radical (unpaired) electrons. The van der Waals surface area contributed by atoms with Gasteiger partial charge in [-0.2, -0.15) is 0 Å². The molecule has 0 spiro atoms. The Bertz CT molecular complexity index is 627. The van der Waals surface area contributed by atoms with Crippen LogP contribution in [0, 0.1) is 0 Å². The molecule has 0 bridgehead atoms. The van der Waals surface area contributed by atoms with Crippen LogP contribution in [-0.2, 0) is 19.5 Å². The number of tetrazole rings is 1. The van der Waals surface area contributed by atoms with Crippen molar-refractivity contribution in [3.63, 3.8) is 0 Å². The molecule has 0 saturated carbocycles. The third-order valence-electron chi connectivity index (χ3n) is 4.55. The minimum Gasteiger partial charge on any atom is -0.395 e. The number of nitrogens with zero attached hydrogens (tertiary/aromatic N) is 5. The molecule has 1 heterocycles. The van der Waals surface area contributed by atoms with Gasteiger partial charge in [-0.05, 0) is 47.2 Å². The Morgan fingerprint density at radius 2 is 2.22 bits per heavy atom. The molecule has 1 aliphatic rings. The summed E-state index contributed by atoms with van der Waals surface area (Å²) in [7, 11) is 0. The highest BCUT2D eigenvalue weighted by atomic mass is 16.3. The Balaban J connectivity index is 1.83. The van der Waals surface area contributed by atoms with Gasteiger partial charge in [0.2, 0.25) is 0 Å². The molecule has 1 unspecified atom stereocenters. The van der Waals surface area contributed by atoms with Gasteiger partial charge in [0.15, 0.2) is 5.82 Å². The molecule has 0 aliphatic heterocycles. The lowest BCUT2D eigenvalue weighted by molar-refractivity contribution is 0.126. The maximum atomic E-state index is 9.52. The summed E-state index contributed by atoms with van der Waals surface area (Å²) in [5.41, 5.74) is 2.82. The predicted octanol–water partition coefficient (Wildman–Crippen LogP) is 1.95.